The molecular weight excluding hydrogens is 534 g/mol. The maximum Gasteiger partial charge on any atom is -1.00 e. The van der Waals surface area contributed by atoms with Crippen LogP contribution in [0, 0.1) is 0 Å². The van der Waals surface area contributed by atoms with E-state index in [-0.39, 0.29) is 24.8 Å². The molecule has 2 unspecified atom stereocenters. The van der Waals surface area contributed by atoms with Gasteiger partial charge in [-0.15, -0.1) is 0 Å². The first-order valence-corrected chi connectivity index (χ1v) is 19.3. The molecule has 0 bridgehead atoms. The van der Waals surface area contributed by atoms with E-state index in [4.69, 9.17) is 0 Å². The van der Waals surface area contributed by atoms with Crippen LogP contribution in [0.4, 0.5) is 0 Å². The summed E-state index contributed by atoms with van der Waals surface area (Å²) >= 11 is -2.63. The summed E-state index contributed by atoms with van der Waals surface area (Å²) in [6.07, 6.45) is 13.3. The summed E-state index contributed by atoms with van der Waals surface area (Å²) in [5.74, 6) is 1.77. The molecule has 2 aromatic carbocycles. The Balaban J connectivity index is 0.00000162. The van der Waals surface area contributed by atoms with Gasteiger partial charge >= 0.3 is 201 Å². The van der Waals surface area contributed by atoms with Gasteiger partial charge in [0.2, 0.25) is 0 Å². The van der Waals surface area contributed by atoms with Crippen LogP contribution in [-0.4, -0.2) is 0 Å². The number of rotatable bonds is 5. The Morgan fingerprint density at radius 1 is 0.647 bits per heavy atom. The van der Waals surface area contributed by atoms with Crippen molar-refractivity contribution >= 4 is 12.2 Å². The van der Waals surface area contributed by atoms with Gasteiger partial charge in [-0.25, -0.2) is 0 Å². The molecule has 0 saturated carbocycles. The van der Waals surface area contributed by atoms with Crippen LogP contribution >= 0.6 is 0 Å². The quantitative estimate of drug-likeness (QED) is 0.511. The van der Waals surface area contributed by atoms with Crippen LogP contribution < -0.4 is 24.8 Å². The average Bonchev–Trinajstić information content (AvgIpc) is 3.49. The van der Waals surface area contributed by atoms with Gasteiger partial charge in [-0.2, -0.15) is 0 Å². The summed E-state index contributed by atoms with van der Waals surface area (Å²) in [7, 11) is 0. The third kappa shape index (κ3) is 4.37. The average molecular weight is 575 g/mol. The molecule has 2 aromatic rings. The largest absolute Gasteiger partial charge is 1.00 e. The molecule has 0 radical (unpaired) electrons. The van der Waals surface area contributed by atoms with Crippen LogP contribution in [0.5, 0.6) is 0 Å². The third-order valence-electron chi connectivity index (χ3n) is 8.72. The fourth-order valence-corrected chi connectivity index (χ4v) is 23.0. The molecule has 5 rings (SSSR count). The van der Waals surface area contributed by atoms with Gasteiger partial charge in [-0.1, -0.05) is 0 Å². The van der Waals surface area contributed by atoms with E-state index in [9.17, 15) is 0 Å². The molecular formula is C31H40Cl2Zr. The zero-order valence-corrected chi connectivity index (χ0v) is 25.6. The summed E-state index contributed by atoms with van der Waals surface area (Å²) in [6.45, 7) is 14.2. The van der Waals surface area contributed by atoms with Gasteiger partial charge in [0.05, 0.1) is 0 Å². The van der Waals surface area contributed by atoms with E-state index in [2.05, 4.69) is 96.2 Å². The standard InChI is InChI=1S/C15H19.C12H13.C4H8.2ClH.Zr/c1-10(2)12-8-9-13(11(3)4)15-7-5-6-14(12)15;1-9(2)11-7-3-5-10-6-4-8-12(10)11;1-3-4-2;;;/h5-11H,1-4H3;3-9H,1-2H3;1-4H2;2*1H;/q;;;;;+2/p-2. The molecule has 0 amide bonds. The summed E-state index contributed by atoms with van der Waals surface area (Å²) in [5, 5.41) is 0. The third-order valence-corrected chi connectivity index (χ3v) is 23.5. The maximum absolute atomic E-state index is 2.70. The second-order valence-corrected chi connectivity index (χ2v) is 23.1. The fraction of sp³-hybridized carbons (Fsp3) is 0.484. The van der Waals surface area contributed by atoms with Crippen molar-refractivity contribution in [2.45, 2.75) is 87.6 Å². The van der Waals surface area contributed by atoms with E-state index in [1.165, 1.54) is 12.8 Å². The van der Waals surface area contributed by atoms with Gasteiger partial charge in [-0.05, 0) is 0 Å². The fourth-order valence-electron chi connectivity index (χ4n) is 7.19. The topological polar surface area (TPSA) is 0 Å². The zero-order valence-electron chi connectivity index (χ0n) is 21.7. The molecule has 182 valence electrons. The first kappa shape index (κ1) is 28.0. The van der Waals surface area contributed by atoms with Crippen molar-refractivity contribution in [3.8, 4) is 0 Å². The van der Waals surface area contributed by atoms with Crippen molar-refractivity contribution in [1.82, 2.24) is 0 Å². The van der Waals surface area contributed by atoms with Crippen LogP contribution in [0.3, 0.4) is 0 Å². The Kier molecular flexibility index (Phi) is 8.87. The normalized spacial score (nSPS) is 20.7. The predicted molar refractivity (Wildman–Crippen MR) is 138 cm³/mol. The minimum absolute atomic E-state index is 0. The molecule has 0 nitrogen and oxygen atoms in total. The molecule has 3 aliphatic rings. The van der Waals surface area contributed by atoms with E-state index in [0.717, 1.165) is 7.25 Å². The van der Waals surface area contributed by atoms with E-state index in [0.29, 0.717) is 17.8 Å². The van der Waals surface area contributed by atoms with E-state index in [1.54, 1.807) is 47.2 Å². The maximum atomic E-state index is 2.70. The SMILES string of the molecule is CC(C)c1cccc2c1C=C[CH]2[Zr+2]1([CH]2C=Cc3c(C(C)C)ccc(C(C)C)c32)[CH2]CC[CH2]1.[Cl-].[Cl-]. The van der Waals surface area contributed by atoms with Crippen LogP contribution in [-0.2, 0) is 20.3 Å². The van der Waals surface area contributed by atoms with Crippen LogP contribution in [0.15, 0.2) is 42.5 Å². The Hall–Kier alpha value is -0.617. The molecule has 0 aromatic heterocycles. The molecule has 1 aliphatic heterocycles. The zero-order chi connectivity index (χ0) is 22.6. The number of fused-ring (bicyclic) bond motifs is 2. The summed E-state index contributed by atoms with van der Waals surface area (Å²) in [4.78, 5) is 0. The number of benzene rings is 2. The van der Waals surface area contributed by atoms with Gasteiger partial charge in [0.15, 0.2) is 0 Å². The second-order valence-electron chi connectivity index (χ2n) is 11.5. The monoisotopic (exact) mass is 572 g/mol. The van der Waals surface area contributed by atoms with Crippen molar-refractivity contribution in [1.29, 1.82) is 0 Å². The Morgan fingerprint density at radius 2 is 1.18 bits per heavy atom. The van der Waals surface area contributed by atoms with Crippen molar-refractivity contribution in [2.75, 3.05) is 0 Å². The van der Waals surface area contributed by atoms with E-state index in [1.807, 2.05) is 0 Å². The molecule has 0 spiro atoms. The summed E-state index contributed by atoms with van der Waals surface area (Å²) in [5.41, 5.74) is 11.3. The summed E-state index contributed by atoms with van der Waals surface area (Å²) < 4.78 is 4.57. The molecule has 3 heteroatoms. The van der Waals surface area contributed by atoms with Crippen LogP contribution in [0.1, 0.15) is 118 Å². The smallest absolute Gasteiger partial charge is 1.00 e. The van der Waals surface area contributed by atoms with Gasteiger partial charge < -0.3 is 24.8 Å². The summed E-state index contributed by atoms with van der Waals surface area (Å²) in [6, 6.07) is 12.1. The molecule has 1 fully saturated rings. The first-order chi connectivity index (χ1) is 15.3. The molecule has 0 N–H and O–H groups in total. The number of halogens is 2. The first-order valence-electron chi connectivity index (χ1n) is 13.0. The van der Waals surface area contributed by atoms with Crippen molar-refractivity contribution in [3.63, 3.8) is 0 Å². The minimum Gasteiger partial charge on any atom is -1.00 e. The van der Waals surface area contributed by atoms with E-state index < -0.39 is 20.3 Å². The van der Waals surface area contributed by atoms with Crippen molar-refractivity contribution < 1.29 is 45.1 Å². The predicted octanol–water partition coefficient (Wildman–Crippen LogP) is 3.69. The molecule has 1 saturated heterocycles. The number of hydrogen-bond acceptors (Lipinski definition) is 0. The van der Waals surface area contributed by atoms with Crippen molar-refractivity contribution in [2.24, 2.45) is 0 Å². The molecule has 2 aliphatic carbocycles. The van der Waals surface area contributed by atoms with Gasteiger partial charge in [-0.3, -0.25) is 0 Å². The second kappa shape index (κ2) is 10.8. The minimum atomic E-state index is -2.63. The number of hydrogen-bond donors (Lipinski definition) is 0. The Morgan fingerprint density at radius 3 is 1.79 bits per heavy atom. The molecule has 34 heavy (non-hydrogen) atoms. The number of allylic oxidation sites excluding steroid dienone is 2. The van der Waals surface area contributed by atoms with E-state index >= 15 is 0 Å². The Labute approximate surface area is 224 Å². The van der Waals surface area contributed by atoms with Crippen molar-refractivity contribution in [3.05, 3.63) is 81.4 Å². The van der Waals surface area contributed by atoms with Crippen LogP contribution in [0.2, 0.25) is 8.26 Å². The molecule has 1 heterocycles. The van der Waals surface area contributed by atoms with Gasteiger partial charge in [0.25, 0.3) is 0 Å². The van der Waals surface area contributed by atoms with Gasteiger partial charge in [0.1, 0.15) is 0 Å². The van der Waals surface area contributed by atoms with Crippen LogP contribution in [0.25, 0.3) is 12.2 Å². The molecule has 2 atom stereocenters. The van der Waals surface area contributed by atoms with Gasteiger partial charge in [0, 0.05) is 0 Å². The Bertz CT molecular complexity index is 1090.